The van der Waals surface area contributed by atoms with Crippen LogP contribution in [0.5, 0.6) is 5.75 Å². The van der Waals surface area contributed by atoms with Gasteiger partial charge < -0.3 is 15.4 Å². The highest BCUT2D eigenvalue weighted by atomic mass is 35.5. The van der Waals surface area contributed by atoms with E-state index in [9.17, 15) is 4.79 Å². The normalized spacial score (nSPS) is 11.4. The predicted molar refractivity (Wildman–Crippen MR) is 80.5 cm³/mol. The van der Waals surface area contributed by atoms with Crippen LogP contribution < -0.4 is 15.4 Å². The highest BCUT2D eigenvalue weighted by Gasteiger charge is 2.14. The molecule has 4 nitrogen and oxygen atoms in total. The van der Waals surface area contributed by atoms with Crippen molar-refractivity contribution in [3.8, 4) is 5.75 Å². The van der Waals surface area contributed by atoms with E-state index in [1.54, 1.807) is 19.1 Å². The van der Waals surface area contributed by atoms with E-state index in [4.69, 9.17) is 16.3 Å². The van der Waals surface area contributed by atoms with E-state index in [0.717, 1.165) is 12.1 Å². The fourth-order valence-corrected chi connectivity index (χ4v) is 1.52. The number of rotatable bonds is 6. The maximum absolute atomic E-state index is 11.7. The summed E-state index contributed by atoms with van der Waals surface area (Å²) in [6, 6.07) is 5.34. The first-order chi connectivity index (χ1) is 8.54. The first kappa shape index (κ1) is 18.0. The number of nitrogens with one attached hydrogen (secondary N) is 2. The van der Waals surface area contributed by atoms with Crippen LogP contribution in [0.2, 0.25) is 5.02 Å². The molecule has 0 aliphatic rings. The van der Waals surface area contributed by atoms with Crippen LogP contribution in [0.15, 0.2) is 18.2 Å². The Hall–Kier alpha value is -0.970. The Labute approximate surface area is 125 Å². The molecule has 2 N–H and O–H groups in total. The third kappa shape index (κ3) is 6.14. The molecular formula is C13H20Cl2N2O2. The van der Waals surface area contributed by atoms with Crippen molar-refractivity contribution < 1.29 is 9.53 Å². The number of amides is 1. The number of carbonyl (C=O) groups excluding carboxylic acids is 1. The molecule has 108 valence electrons. The summed E-state index contributed by atoms with van der Waals surface area (Å²) in [5, 5.41) is 6.42. The largest absolute Gasteiger partial charge is 0.481 e. The monoisotopic (exact) mass is 306 g/mol. The van der Waals surface area contributed by atoms with E-state index in [1.165, 1.54) is 0 Å². The second-order valence-corrected chi connectivity index (χ2v) is 4.47. The van der Waals surface area contributed by atoms with Crippen LogP contribution in [0.3, 0.4) is 0 Å². The van der Waals surface area contributed by atoms with Gasteiger partial charge in [-0.15, -0.1) is 12.4 Å². The van der Waals surface area contributed by atoms with E-state index >= 15 is 0 Å². The lowest BCUT2D eigenvalue weighted by atomic mass is 10.2. The summed E-state index contributed by atoms with van der Waals surface area (Å²) in [5.74, 6) is 0.519. The number of aryl methyl sites for hydroxylation is 1. The molecule has 0 saturated heterocycles. The number of hydrogen-bond donors (Lipinski definition) is 2. The van der Waals surface area contributed by atoms with Gasteiger partial charge in [-0.2, -0.15) is 0 Å². The zero-order chi connectivity index (χ0) is 13.5. The Morgan fingerprint density at radius 1 is 1.42 bits per heavy atom. The summed E-state index contributed by atoms with van der Waals surface area (Å²) in [4.78, 5) is 11.7. The Morgan fingerprint density at radius 2 is 2.11 bits per heavy atom. The van der Waals surface area contributed by atoms with Gasteiger partial charge in [-0.05, 0) is 44.7 Å². The van der Waals surface area contributed by atoms with Crippen molar-refractivity contribution in [2.45, 2.75) is 20.0 Å². The average molecular weight is 307 g/mol. The first-order valence-corrected chi connectivity index (χ1v) is 6.27. The van der Waals surface area contributed by atoms with Crippen LogP contribution in [0, 0.1) is 6.92 Å². The van der Waals surface area contributed by atoms with Crippen molar-refractivity contribution in [3.05, 3.63) is 28.8 Å². The molecule has 0 bridgehead atoms. The van der Waals surface area contributed by atoms with E-state index < -0.39 is 6.10 Å². The third-order valence-electron chi connectivity index (χ3n) is 2.49. The summed E-state index contributed by atoms with van der Waals surface area (Å²) in [6.07, 6.45) is -0.526. The van der Waals surface area contributed by atoms with Gasteiger partial charge in [0.25, 0.3) is 5.91 Å². The molecule has 1 aromatic carbocycles. The van der Waals surface area contributed by atoms with Crippen molar-refractivity contribution in [1.82, 2.24) is 10.6 Å². The predicted octanol–water partition coefficient (Wildman–Crippen LogP) is 2.17. The van der Waals surface area contributed by atoms with Crippen LogP contribution >= 0.6 is 24.0 Å². The molecule has 0 radical (unpaired) electrons. The summed E-state index contributed by atoms with van der Waals surface area (Å²) >= 11 is 5.92. The molecule has 19 heavy (non-hydrogen) atoms. The molecule has 1 aromatic rings. The molecule has 0 aromatic heterocycles. The Bertz CT molecular complexity index is 414. The van der Waals surface area contributed by atoms with E-state index in [-0.39, 0.29) is 18.3 Å². The van der Waals surface area contributed by atoms with E-state index in [1.807, 2.05) is 20.0 Å². The lowest BCUT2D eigenvalue weighted by Crippen LogP contribution is -2.39. The van der Waals surface area contributed by atoms with Crippen molar-refractivity contribution in [3.63, 3.8) is 0 Å². The average Bonchev–Trinajstić information content (AvgIpc) is 2.34. The molecule has 0 fully saturated rings. The smallest absolute Gasteiger partial charge is 0.260 e. The van der Waals surface area contributed by atoms with Crippen molar-refractivity contribution in [1.29, 1.82) is 0 Å². The number of benzene rings is 1. The third-order valence-corrected chi connectivity index (χ3v) is 2.91. The Kier molecular flexibility index (Phi) is 8.56. The molecule has 0 aliphatic heterocycles. The number of hydrogen-bond acceptors (Lipinski definition) is 3. The fraction of sp³-hybridized carbons (Fsp3) is 0.462. The number of ether oxygens (including phenoxy) is 1. The van der Waals surface area contributed by atoms with Gasteiger partial charge in [-0.3, -0.25) is 4.79 Å². The molecule has 1 unspecified atom stereocenters. The number of carbonyl (C=O) groups is 1. The van der Waals surface area contributed by atoms with Gasteiger partial charge in [0.2, 0.25) is 0 Å². The number of halogens is 2. The van der Waals surface area contributed by atoms with Gasteiger partial charge >= 0.3 is 0 Å². The van der Waals surface area contributed by atoms with Gasteiger partial charge in [0.1, 0.15) is 5.75 Å². The molecule has 1 amide bonds. The van der Waals surface area contributed by atoms with Crippen molar-refractivity contribution in [2.24, 2.45) is 0 Å². The van der Waals surface area contributed by atoms with E-state index in [2.05, 4.69) is 10.6 Å². The summed E-state index contributed by atoms with van der Waals surface area (Å²) < 4.78 is 5.55. The topological polar surface area (TPSA) is 50.4 Å². The minimum atomic E-state index is -0.526. The maximum Gasteiger partial charge on any atom is 0.260 e. The van der Waals surface area contributed by atoms with Gasteiger partial charge in [0.15, 0.2) is 6.10 Å². The second kappa shape index (κ2) is 9.02. The first-order valence-electron chi connectivity index (χ1n) is 5.89. The SMILES string of the molecule is CNCCNC(=O)C(C)Oc1ccc(Cl)c(C)c1.Cl. The quantitative estimate of drug-likeness (QED) is 0.792. The molecule has 1 rings (SSSR count). The number of likely N-dealkylation sites (N-methyl/N-ethyl adjacent to an activating group) is 1. The minimum Gasteiger partial charge on any atom is -0.481 e. The molecule has 0 aliphatic carbocycles. The lowest BCUT2D eigenvalue weighted by molar-refractivity contribution is -0.127. The second-order valence-electron chi connectivity index (χ2n) is 4.07. The van der Waals surface area contributed by atoms with Gasteiger partial charge in [-0.1, -0.05) is 11.6 Å². The minimum absolute atomic E-state index is 0. The molecule has 1 atom stereocenters. The zero-order valence-electron chi connectivity index (χ0n) is 11.3. The van der Waals surface area contributed by atoms with E-state index in [0.29, 0.717) is 17.3 Å². The summed E-state index contributed by atoms with van der Waals surface area (Å²) in [6.45, 7) is 4.94. The molecular weight excluding hydrogens is 287 g/mol. The van der Waals surface area contributed by atoms with Crippen LogP contribution in [-0.4, -0.2) is 32.1 Å². The summed E-state index contributed by atoms with van der Waals surface area (Å²) in [5.41, 5.74) is 0.928. The zero-order valence-corrected chi connectivity index (χ0v) is 12.9. The van der Waals surface area contributed by atoms with Crippen molar-refractivity contribution >= 4 is 29.9 Å². The highest BCUT2D eigenvalue weighted by molar-refractivity contribution is 6.31. The molecule has 0 spiro atoms. The molecule has 6 heteroatoms. The Balaban J connectivity index is 0.00000324. The molecule has 0 heterocycles. The fourth-order valence-electron chi connectivity index (χ4n) is 1.40. The standard InChI is InChI=1S/C13H19ClN2O2.ClH/c1-9-8-11(4-5-12(9)14)18-10(2)13(17)16-7-6-15-3;/h4-5,8,10,15H,6-7H2,1-3H3,(H,16,17);1H. The van der Waals surface area contributed by atoms with Crippen LogP contribution in [-0.2, 0) is 4.79 Å². The Morgan fingerprint density at radius 3 is 2.68 bits per heavy atom. The molecule has 0 saturated carbocycles. The van der Waals surface area contributed by atoms with Gasteiger partial charge in [0, 0.05) is 18.1 Å². The maximum atomic E-state index is 11.7. The van der Waals surface area contributed by atoms with Crippen LogP contribution in [0.25, 0.3) is 0 Å². The highest BCUT2D eigenvalue weighted by Crippen LogP contribution is 2.21. The summed E-state index contributed by atoms with van der Waals surface area (Å²) in [7, 11) is 1.84. The van der Waals surface area contributed by atoms with Crippen molar-refractivity contribution in [2.75, 3.05) is 20.1 Å². The van der Waals surface area contributed by atoms with Gasteiger partial charge in [-0.25, -0.2) is 0 Å². The van der Waals surface area contributed by atoms with Crippen LogP contribution in [0.1, 0.15) is 12.5 Å². The van der Waals surface area contributed by atoms with Crippen LogP contribution in [0.4, 0.5) is 0 Å². The van der Waals surface area contributed by atoms with Gasteiger partial charge in [0.05, 0.1) is 0 Å². The lowest BCUT2D eigenvalue weighted by Gasteiger charge is -2.15.